The highest BCUT2D eigenvalue weighted by atomic mass is 15.0. The van der Waals surface area contributed by atoms with E-state index in [1.54, 1.807) is 0 Å². The largest absolute Gasteiger partial charge is 0.312 e. The lowest BCUT2D eigenvalue weighted by atomic mass is 9.96. The average molecular weight is 239 g/mol. The third kappa shape index (κ3) is 7.08. The molecular formula is C16H33N. The molecule has 17 heavy (non-hydrogen) atoms. The molecule has 102 valence electrons. The maximum Gasteiger partial charge on any atom is 0.00967 e. The minimum absolute atomic E-state index is 0.288. The highest BCUT2D eigenvalue weighted by Gasteiger charge is 2.41. The molecule has 1 saturated carbocycles. The number of nitrogens with one attached hydrogen (secondary N) is 1. The third-order valence-corrected chi connectivity index (χ3v) is 4.01. The average Bonchev–Trinajstić information content (AvgIpc) is 3.01. The number of rotatable bonds is 9. The highest BCUT2D eigenvalue weighted by Crippen LogP contribution is 2.49. The molecular weight excluding hydrogens is 206 g/mol. The van der Waals surface area contributed by atoms with Gasteiger partial charge < -0.3 is 5.32 Å². The number of unbranched alkanes of at least 4 members (excludes halogenated alkanes) is 5. The van der Waals surface area contributed by atoms with Crippen molar-refractivity contribution >= 4 is 0 Å². The fourth-order valence-electron chi connectivity index (χ4n) is 2.42. The quantitative estimate of drug-likeness (QED) is 0.564. The van der Waals surface area contributed by atoms with E-state index < -0.39 is 0 Å². The SMILES string of the molecule is CCCCCCCCC1(CNC(C)(C)C)CC1. The molecule has 0 aromatic rings. The molecule has 0 saturated heterocycles. The van der Waals surface area contributed by atoms with Gasteiger partial charge in [-0.1, -0.05) is 45.4 Å². The van der Waals surface area contributed by atoms with Gasteiger partial charge in [-0.2, -0.15) is 0 Å². The van der Waals surface area contributed by atoms with Gasteiger partial charge in [-0.3, -0.25) is 0 Å². The molecule has 1 nitrogen and oxygen atoms in total. The van der Waals surface area contributed by atoms with E-state index in [-0.39, 0.29) is 5.54 Å². The van der Waals surface area contributed by atoms with Crippen LogP contribution in [0.25, 0.3) is 0 Å². The monoisotopic (exact) mass is 239 g/mol. The highest BCUT2D eigenvalue weighted by molar-refractivity contribution is 4.95. The summed E-state index contributed by atoms with van der Waals surface area (Å²) in [5.74, 6) is 0. The topological polar surface area (TPSA) is 12.0 Å². The van der Waals surface area contributed by atoms with Gasteiger partial charge in [0, 0.05) is 12.1 Å². The standard InChI is InChI=1S/C16H33N/c1-5-6-7-8-9-10-11-16(12-13-16)14-17-15(2,3)4/h17H,5-14H2,1-4H3. The molecule has 0 aromatic carbocycles. The summed E-state index contributed by atoms with van der Waals surface area (Å²) in [5, 5.41) is 3.69. The van der Waals surface area contributed by atoms with Gasteiger partial charge in [-0.05, 0) is 45.4 Å². The molecule has 1 fully saturated rings. The van der Waals surface area contributed by atoms with E-state index in [2.05, 4.69) is 33.0 Å². The maximum absolute atomic E-state index is 3.69. The van der Waals surface area contributed by atoms with Crippen molar-refractivity contribution in [2.75, 3.05) is 6.54 Å². The fraction of sp³-hybridized carbons (Fsp3) is 1.00. The molecule has 0 aromatic heterocycles. The Morgan fingerprint density at radius 1 is 0.941 bits per heavy atom. The van der Waals surface area contributed by atoms with Crippen LogP contribution in [0.3, 0.4) is 0 Å². The first-order valence-electron chi connectivity index (χ1n) is 7.72. The minimum atomic E-state index is 0.288. The van der Waals surface area contributed by atoms with E-state index in [4.69, 9.17) is 0 Å². The Balaban J connectivity index is 2.02. The van der Waals surface area contributed by atoms with Crippen molar-refractivity contribution in [1.29, 1.82) is 0 Å². The van der Waals surface area contributed by atoms with Gasteiger partial charge in [0.25, 0.3) is 0 Å². The van der Waals surface area contributed by atoms with Crippen LogP contribution in [-0.2, 0) is 0 Å². The minimum Gasteiger partial charge on any atom is -0.312 e. The third-order valence-electron chi connectivity index (χ3n) is 4.01. The summed E-state index contributed by atoms with van der Waals surface area (Å²) in [6.07, 6.45) is 13.0. The summed E-state index contributed by atoms with van der Waals surface area (Å²) in [5.41, 5.74) is 0.981. The molecule has 0 bridgehead atoms. The summed E-state index contributed by atoms with van der Waals surface area (Å²) in [4.78, 5) is 0. The zero-order valence-electron chi connectivity index (χ0n) is 12.6. The molecule has 0 spiro atoms. The van der Waals surface area contributed by atoms with E-state index in [0.29, 0.717) is 5.41 Å². The molecule has 0 atom stereocenters. The van der Waals surface area contributed by atoms with Crippen LogP contribution in [-0.4, -0.2) is 12.1 Å². The van der Waals surface area contributed by atoms with Crippen LogP contribution in [0.15, 0.2) is 0 Å². The Kier molecular flexibility index (Phi) is 5.99. The molecule has 1 aliphatic rings. The number of hydrogen-bond acceptors (Lipinski definition) is 1. The van der Waals surface area contributed by atoms with Crippen molar-refractivity contribution in [3.05, 3.63) is 0 Å². The van der Waals surface area contributed by atoms with Gasteiger partial charge >= 0.3 is 0 Å². The predicted molar refractivity (Wildman–Crippen MR) is 77.4 cm³/mol. The van der Waals surface area contributed by atoms with Crippen molar-refractivity contribution in [2.45, 2.75) is 91.0 Å². The van der Waals surface area contributed by atoms with Gasteiger partial charge in [-0.25, -0.2) is 0 Å². The Hall–Kier alpha value is -0.0400. The Morgan fingerprint density at radius 3 is 2.06 bits per heavy atom. The summed E-state index contributed by atoms with van der Waals surface area (Å²) in [6.45, 7) is 10.3. The van der Waals surface area contributed by atoms with Crippen molar-refractivity contribution in [2.24, 2.45) is 5.41 Å². The van der Waals surface area contributed by atoms with Crippen LogP contribution in [0.2, 0.25) is 0 Å². The van der Waals surface area contributed by atoms with Gasteiger partial charge in [0.05, 0.1) is 0 Å². The van der Waals surface area contributed by atoms with Gasteiger partial charge in [0.1, 0.15) is 0 Å². The van der Waals surface area contributed by atoms with Crippen molar-refractivity contribution < 1.29 is 0 Å². The molecule has 0 aliphatic heterocycles. The molecule has 1 N–H and O–H groups in total. The lowest BCUT2D eigenvalue weighted by Gasteiger charge is -2.25. The summed E-state index contributed by atoms with van der Waals surface area (Å²) < 4.78 is 0. The Bertz CT molecular complexity index is 198. The normalized spacial score (nSPS) is 18.4. The Labute approximate surface area is 109 Å². The van der Waals surface area contributed by atoms with Gasteiger partial charge in [0.2, 0.25) is 0 Å². The second-order valence-corrected chi connectivity index (χ2v) is 7.12. The smallest absolute Gasteiger partial charge is 0.00967 e. The molecule has 1 aliphatic carbocycles. The van der Waals surface area contributed by atoms with Crippen LogP contribution in [0.5, 0.6) is 0 Å². The summed E-state index contributed by atoms with van der Waals surface area (Å²) in [6, 6.07) is 0. The van der Waals surface area contributed by atoms with Crippen LogP contribution in [0.1, 0.15) is 85.5 Å². The first-order chi connectivity index (χ1) is 7.97. The molecule has 0 amide bonds. The summed E-state index contributed by atoms with van der Waals surface area (Å²) in [7, 11) is 0. The van der Waals surface area contributed by atoms with Crippen molar-refractivity contribution in [1.82, 2.24) is 5.32 Å². The maximum atomic E-state index is 3.69. The van der Waals surface area contributed by atoms with Crippen molar-refractivity contribution in [3.63, 3.8) is 0 Å². The lowest BCUT2D eigenvalue weighted by molar-refractivity contribution is 0.335. The van der Waals surface area contributed by atoms with E-state index in [1.807, 2.05) is 0 Å². The van der Waals surface area contributed by atoms with E-state index in [1.165, 1.54) is 64.3 Å². The van der Waals surface area contributed by atoms with Gasteiger partial charge in [-0.15, -0.1) is 0 Å². The van der Waals surface area contributed by atoms with E-state index >= 15 is 0 Å². The predicted octanol–water partition coefficient (Wildman–Crippen LogP) is 4.91. The first-order valence-corrected chi connectivity index (χ1v) is 7.72. The zero-order valence-corrected chi connectivity index (χ0v) is 12.6. The van der Waals surface area contributed by atoms with Crippen LogP contribution in [0, 0.1) is 5.41 Å². The lowest BCUT2D eigenvalue weighted by Crippen LogP contribution is -2.39. The van der Waals surface area contributed by atoms with Crippen LogP contribution >= 0.6 is 0 Å². The molecule has 0 radical (unpaired) electrons. The molecule has 1 heteroatoms. The molecule has 0 heterocycles. The molecule has 0 unspecified atom stereocenters. The van der Waals surface area contributed by atoms with Crippen LogP contribution in [0.4, 0.5) is 0 Å². The second-order valence-electron chi connectivity index (χ2n) is 7.12. The fourth-order valence-corrected chi connectivity index (χ4v) is 2.42. The molecule has 1 rings (SSSR count). The number of hydrogen-bond donors (Lipinski definition) is 1. The van der Waals surface area contributed by atoms with Gasteiger partial charge in [0.15, 0.2) is 0 Å². The Morgan fingerprint density at radius 2 is 1.53 bits per heavy atom. The van der Waals surface area contributed by atoms with E-state index in [0.717, 1.165) is 0 Å². The first kappa shape index (κ1) is 15.0. The van der Waals surface area contributed by atoms with Crippen LogP contribution < -0.4 is 5.32 Å². The van der Waals surface area contributed by atoms with E-state index in [9.17, 15) is 0 Å². The second kappa shape index (κ2) is 6.78. The van der Waals surface area contributed by atoms with Crippen molar-refractivity contribution in [3.8, 4) is 0 Å². The zero-order chi connectivity index (χ0) is 12.8. The summed E-state index contributed by atoms with van der Waals surface area (Å²) >= 11 is 0.